The van der Waals surface area contributed by atoms with Gasteiger partial charge in [-0.1, -0.05) is 10.5 Å². The van der Waals surface area contributed by atoms with Crippen LogP contribution in [0.3, 0.4) is 0 Å². The molecule has 1 fully saturated rings. The van der Waals surface area contributed by atoms with Gasteiger partial charge in [0.2, 0.25) is 0 Å². The van der Waals surface area contributed by atoms with E-state index in [9.17, 15) is 9.28 Å². The van der Waals surface area contributed by atoms with E-state index in [1.165, 1.54) is 0 Å². The van der Waals surface area contributed by atoms with Gasteiger partial charge in [-0.25, -0.2) is 9.97 Å². The highest BCUT2D eigenvalue weighted by molar-refractivity contribution is 5.87. The third-order valence-corrected chi connectivity index (χ3v) is 4.82. The van der Waals surface area contributed by atoms with Gasteiger partial charge in [-0.2, -0.15) is 0 Å². The number of rotatable bonds is 2. The number of fused-ring (bicyclic) bond motifs is 2. The van der Waals surface area contributed by atoms with E-state index in [2.05, 4.69) is 19.9 Å². The van der Waals surface area contributed by atoms with Crippen LogP contribution in [0.15, 0.2) is 47.4 Å². The molecule has 136 valence electrons. The van der Waals surface area contributed by atoms with Crippen molar-refractivity contribution in [2.75, 3.05) is 31.2 Å². The molecule has 0 unspecified atom stereocenters. The van der Waals surface area contributed by atoms with Gasteiger partial charge in [-0.05, 0) is 30.3 Å². The van der Waals surface area contributed by atoms with Crippen LogP contribution in [0.2, 0.25) is 0 Å². The minimum Gasteiger partial charge on any atom is -0.378 e. The Balaban J connectivity index is 1.64. The molecule has 27 heavy (non-hydrogen) atoms. The number of nitrogens with one attached hydrogen (secondary N) is 1. The van der Waals surface area contributed by atoms with Crippen molar-refractivity contribution in [2.45, 2.75) is 0 Å². The molecule has 4 aromatic rings. The molecule has 5 rings (SSSR count). The van der Waals surface area contributed by atoms with E-state index < -0.39 is 5.56 Å². The van der Waals surface area contributed by atoms with Crippen molar-refractivity contribution in [3.63, 3.8) is 0 Å². The summed E-state index contributed by atoms with van der Waals surface area (Å²) in [4.78, 5) is 26.4. The second kappa shape index (κ2) is 6.17. The maximum Gasteiger partial charge on any atom is 0.290 e. The van der Waals surface area contributed by atoms with Crippen molar-refractivity contribution in [1.82, 2.24) is 19.7 Å². The first-order valence-electron chi connectivity index (χ1n) is 8.70. The molecule has 0 aliphatic carbocycles. The largest absolute Gasteiger partial charge is 0.378 e. The monoisotopic (exact) mass is 365 g/mol. The van der Waals surface area contributed by atoms with Gasteiger partial charge < -0.3 is 14.6 Å². The SMILES string of the molecule is O=c1c(-c2nc3ncccc3[nH]2)cc2ccc(N3CCOCC3)cc2n1F. The number of anilines is 1. The lowest BCUT2D eigenvalue weighted by Gasteiger charge is -2.29. The lowest BCUT2D eigenvalue weighted by atomic mass is 10.1. The predicted molar refractivity (Wildman–Crippen MR) is 101 cm³/mol. The Hall–Kier alpha value is -3.26. The summed E-state index contributed by atoms with van der Waals surface area (Å²) in [6.45, 7) is 2.76. The third-order valence-electron chi connectivity index (χ3n) is 4.82. The molecule has 0 saturated carbocycles. The second-order valence-corrected chi connectivity index (χ2v) is 6.45. The normalized spacial score (nSPS) is 14.9. The van der Waals surface area contributed by atoms with Gasteiger partial charge in [0.25, 0.3) is 5.56 Å². The van der Waals surface area contributed by atoms with Crippen molar-refractivity contribution in [3.8, 4) is 11.4 Å². The number of ether oxygens (including phenoxy) is 1. The van der Waals surface area contributed by atoms with Crippen LogP contribution < -0.4 is 10.5 Å². The number of morpholine rings is 1. The summed E-state index contributed by atoms with van der Waals surface area (Å²) in [6.07, 6.45) is 1.62. The molecule has 0 radical (unpaired) electrons. The molecule has 1 saturated heterocycles. The number of hydrogen-bond donors (Lipinski definition) is 1. The van der Waals surface area contributed by atoms with Crippen LogP contribution in [-0.2, 0) is 4.74 Å². The van der Waals surface area contributed by atoms with E-state index in [0.717, 1.165) is 18.8 Å². The van der Waals surface area contributed by atoms with Gasteiger partial charge in [0.15, 0.2) is 5.65 Å². The molecular formula is C19H16FN5O2. The van der Waals surface area contributed by atoms with Crippen LogP contribution >= 0.6 is 0 Å². The molecule has 1 N–H and O–H groups in total. The average molecular weight is 365 g/mol. The zero-order chi connectivity index (χ0) is 18.4. The molecule has 0 amide bonds. The average Bonchev–Trinajstić information content (AvgIpc) is 3.15. The van der Waals surface area contributed by atoms with E-state index in [1.54, 1.807) is 24.4 Å². The van der Waals surface area contributed by atoms with Crippen LogP contribution in [0.4, 0.5) is 10.2 Å². The van der Waals surface area contributed by atoms with E-state index in [-0.39, 0.29) is 15.9 Å². The zero-order valence-electron chi connectivity index (χ0n) is 14.4. The van der Waals surface area contributed by atoms with Crippen molar-refractivity contribution in [1.29, 1.82) is 0 Å². The van der Waals surface area contributed by atoms with Crippen molar-refractivity contribution < 1.29 is 9.22 Å². The standard InChI is InChI=1S/C19H16FN5O2/c20-25-16-11-13(24-6-8-27-9-7-24)4-3-12(16)10-14(19(25)26)17-22-15-2-1-5-21-18(15)23-17/h1-5,10-11H,6-9H2,(H,21,22,23). The molecule has 3 aromatic heterocycles. The maximum absolute atomic E-state index is 14.9. The number of aromatic nitrogens is 4. The first-order chi connectivity index (χ1) is 13.2. The fourth-order valence-corrected chi connectivity index (χ4v) is 3.42. The first kappa shape index (κ1) is 16.0. The lowest BCUT2D eigenvalue weighted by Crippen LogP contribution is -2.36. The van der Waals surface area contributed by atoms with Crippen LogP contribution in [0.25, 0.3) is 33.5 Å². The minimum absolute atomic E-state index is 0.169. The summed E-state index contributed by atoms with van der Waals surface area (Å²) in [5.41, 5.74) is 1.71. The fourth-order valence-electron chi connectivity index (χ4n) is 3.42. The number of hydrogen-bond acceptors (Lipinski definition) is 5. The summed E-state index contributed by atoms with van der Waals surface area (Å²) >= 11 is 0. The lowest BCUT2D eigenvalue weighted by molar-refractivity contribution is 0.122. The Kier molecular flexibility index (Phi) is 3.64. The van der Waals surface area contributed by atoms with Crippen molar-refractivity contribution >= 4 is 27.8 Å². The third kappa shape index (κ3) is 2.65. The molecule has 1 aliphatic heterocycles. The Morgan fingerprint density at radius 2 is 2.00 bits per heavy atom. The Labute approximate surface area is 153 Å². The Bertz CT molecular complexity index is 1180. The van der Waals surface area contributed by atoms with Crippen LogP contribution in [0.5, 0.6) is 0 Å². The molecule has 0 spiro atoms. The van der Waals surface area contributed by atoms with Gasteiger partial charge in [-0.15, -0.1) is 4.79 Å². The molecule has 1 aliphatic rings. The Morgan fingerprint density at radius 1 is 1.15 bits per heavy atom. The molecule has 4 heterocycles. The van der Waals surface area contributed by atoms with Crippen LogP contribution in [0, 0.1) is 0 Å². The first-order valence-corrected chi connectivity index (χ1v) is 8.70. The van der Waals surface area contributed by atoms with Crippen molar-refractivity contribution in [2.24, 2.45) is 0 Å². The van der Waals surface area contributed by atoms with Crippen LogP contribution in [-0.4, -0.2) is 46.0 Å². The van der Waals surface area contributed by atoms with Gasteiger partial charge >= 0.3 is 0 Å². The quantitative estimate of drug-likeness (QED) is 0.591. The van der Waals surface area contributed by atoms with Crippen molar-refractivity contribution in [3.05, 3.63) is 52.9 Å². The minimum atomic E-state index is -0.749. The number of nitrogens with zero attached hydrogens (tertiary/aromatic N) is 4. The molecule has 8 heteroatoms. The number of halogens is 1. The highest BCUT2D eigenvalue weighted by Crippen LogP contribution is 2.25. The number of imidazole rings is 1. The molecule has 7 nitrogen and oxygen atoms in total. The summed E-state index contributed by atoms with van der Waals surface area (Å²) in [7, 11) is 0. The predicted octanol–water partition coefficient (Wildman–Crippen LogP) is 2.51. The highest BCUT2D eigenvalue weighted by atomic mass is 19.2. The van der Waals surface area contributed by atoms with Gasteiger partial charge in [0, 0.05) is 30.4 Å². The Morgan fingerprint density at radius 3 is 2.81 bits per heavy atom. The summed E-state index contributed by atoms with van der Waals surface area (Å²) in [5, 5.41) is 0.623. The number of benzene rings is 1. The number of H-pyrrole nitrogens is 1. The van der Waals surface area contributed by atoms with E-state index in [1.807, 2.05) is 18.2 Å². The van der Waals surface area contributed by atoms with E-state index >= 15 is 0 Å². The zero-order valence-corrected chi connectivity index (χ0v) is 14.4. The van der Waals surface area contributed by atoms with E-state index in [4.69, 9.17) is 4.74 Å². The summed E-state index contributed by atoms with van der Waals surface area (Å²) < 4.78 is 20.2. The second-order valence-electron chi connectivity index (χ2n) is 6.45. The van der Waals surface area contributed by atoms with Gasteiger partial charge in [0.05, 0.1) is 29.8 Å². The number of aromatic amines is 1. The molecular weight excluding hydrogens is 349 g/mol. The summed E-state index contributed by atoms with van der Waals surface area (Å²) in [5.74, 6) is 0.305. The van der Waals surface area contributed by atoms with Gasteiger partial charge in [0.1, 0.15) is 5.82 Å². The maximum atomic E-state index is 14.9. The highest BCUT2D eigenvalue weighted by Gasteiger charge is 2.17. The van der Waals surface area contributed by atoms with Gasteiger partial charge in [-0.3, -0.25) is 4.79 Å². The smallest absolute Gasteiger partial charge is 0.290 e. The van der Waals surface area contributed by atoms with Crippen LogP contribution in [0.1, 0.15) is 0 Å². The molecule has 0 bridgehead atoms. The fraction of sp³-hybridized carbons (Fsp3) is 0.211. The summed E-state index contributed by atoms with van der Waals surface area (Å²) in [6, 6.07) is 10.7. The molecule has 0 atom stereocenters. The topological polar surface area (TPSA) is 76.0 Å². The van der Waals surface area contributed by atoms with E-state index in [0.29, 0.717) is 35.6 Å². The number of pyridine rings is 2. The molecule has 1 aromatic carbocycles.